The summed E-state index contributed by atoms with van der Waals surface area (Å²) < 4.78 is 45.9. The Morgan fingerprint density at radius 3 is 2.25 bits per heavy atom. The highest BCUT2D eigenvalue weighted by molar-refractivity contribution is 6.83. The van der Waals surface area contributed by atoms with E-state index in [1.165, 1.54) is 16.8 Å². The summed E-state index contributed by atoms with van der Waals surface area (Å²) in [5, 5.41) is 8.67. The number of aromatic amines is 1. The molecule has 1 N–H and O–H groups in total. The number of nitrogens with zero attached hydrogens (tertiary/aromatic N) is 2. The van der Waals surface area contributed by atoms with E-state index in [0.29, 0.717) is 0 Å². The molecule has 0 aliphatic carbocycles. The first-order chi connectivity index (χ1) is 18.9. The van der Waals surface area contributed by atoms with Crippen LogP contribution in [0.1, 0.15) is 68.0 Å². The van der Waals surface area contributed by atoms with Crippen molar-refractivity contribution in [2.75, 3.05) is 26.8 Å². The second kappa shape index (κ2) is 14.0. The molecule has 4 atom stereocenters. The van der Waals surface area contributed by atoms with Crippen LogP contribution >= 0.6 is 0 Å². The summed E-state index contributed by atoms with van der Waals surface area (Å²) in [5.74, 6) is 0. The molecule has 1 aromatic heterocycles. The molecule has 12 nitrogen and oxygen atoms in total. The molecule has 3 heterocycles. The van der Waals surface area contributed by atoms with Gasteiger partial charge in [0.1, 0.15) is 31.9 Å². The molecule has 0 aromatic carbocycles. The monoisotopic (exact) mass is 599 g/mol. The summed E-state index contributed by atoms with van der Waals surface area (Å²) >= 11 is 0. The minimum atomic E-state index is -3.00. The smallest absolute Gasteiger partial charge is 0.335 e. The van der Waals surface area contributed by atoms with Gasteiger partial charge < -0.3 is 31.9 Å². The van der Waals surface area contributed by atoms with Crippen molar-refractivity contribution in [1.29, 1.82) is 5.26 Å². The molecule has 1 unspecified atom stereocenters. The molecule has 40 heavy (non-hydrogen) atoms. The molecule has 1 aromatic rings. The molecule has 2 saturated heterocycles. The molecule has 2 aliphatic rings. The van der Waals surface area contributed by atoms with Gasteiger partial charge in [-0.05, 0) is 22.2 Å². The van der Waals surface area contributed by atoms with E-state index in [9.17, 15) is 9.59 Å². The lowest BCUT2D eigenvalue weighted by molar-refractivity contribution is -0.175. The molecule has 14 heteroatoms. The van der Waals surface area contributed by atoms with Crippen molar-refractivity contribution in [3.8, 4) is 6.07 Å². The summed E-state index contributed by atoms with van der Waals surface area (Å²) in [6.45, 7) is 17.3. The highest BCUT2D eigenvalue weighted by atomic mass is 28.5. The van der Waals surface area contributed by atoms with Gasteiger partial charge >= 0.3 is 22.8 Å². The Hall–Kier alpha value is -1.68. The van der Waals surface area contributed by atoms with Crippen LogP contribution in [-0.4, -0.2) is 71.8 Å². The highest BCUT2D eigenvalue weighted by Crippen LogP contribution is 2.48. The first kappa shape index (κ1) is 32.8. The second-order valence-corrected chi connectivity index (χ2v) is 20.4. The number of hydrogen-bond acceptors (Lipinski definition) is 10. The van der Waals surface area contributed by atoms with Crippen molar-refractivity contribution in [3.63, 3.8) is 0 Å². The number of rotatable bonds is 12. The zero-order valence-electron chi connectivity index (χ0n) is 24.9. The molecule has 2 fully saturated rings. The third-order valence-electron chi connectivity index (χ3n) is 7.61. The molecule has 0 bridgehead atoms. The largest absolute Gasteiger partial charge is 0.414 e. The minimum absolute atomic E-state index is 0.0622. The van der Waals surface area contributed by atoms with Crippen LogP contribution < -0.4 is 11.2 Å². The topological polar surface area (TPSA) is 143 Å². The van der Waals surface area contributed by atoms with E-state index in [4.69, 9.17) is 37.2 Å². The Morgan fingerprint density at radius 2 is 1.68 bits per heavy atom. The summed E-state index contributed by atoms with van der Waals surface area (Å²) in [7, 11) is -5.79. The lowest BCUT2D eigenvalue weighted by atomic mass is 10.1. The third kappa shape index (κ3) is 6.85. The quantitative estimate of drug-likeness (QED) is 0.215. The number of ether oxygens (including phenoxy) is 4. The third-order valence-corrected chi connectivity index (χ3v) is 17.9. The number of nitrogens with one attached hydrogen (secondary N) is 1. The van der Waals surface area contributed by atoms with Crippen LogP contribution in [0.25, 0.3) is 0 Å². The van der Waals surface area contributed by atoms with Crippen LogP contribution in [0.3, 0.4) is 0 Å². The Labute approximate surface area is 238 Å². The predicted molar refractivity (Wildman–Crippen MR) is 151 cm³/mol. The Balaban J connectivity index is 2.01. The van der Waals surface area contributed by atoms with Gasteiger partial charge in [0.15, 0.2) is 6.23 Å². The van der Waals surface area contributed by atoms with Gasteiger partial charge in [0.05, 0.1) is 25.7 Å². The summed E-state index contributed by atoms with van der Waals surface area (Å²) in [6, 6.07) is 3.27. The first-order valence-corrected chi connectivity index (χ1v) is 18.0. The van der Waals surface area contributed by atoms with Crippen LogP contribution in [-0.2, 0) is 31.9 Å². The standard InChI is InChI=1S/C26H45N3O9Si2/c1-17(2)39(18(3)4)35-14-21-23(37-40(38-39,19(5)6)20(7)8)24(34-16-33-15-32-13-9-11-27)25(36-21)29-12-10-22(30)28-26(29)31/h10,12,17-21,23-25H,9,13-16H2,1-8H3,(H,28,30,31)/t21-,23?,24+,25-/m1/s1. The van der Waals surface area contributed by atoms with Crippen LogP contribution in [0.5, 0.6) is 0 Å². The summed E-state index contributed by atoms with van der Waals surface area (Å²) in [4.78, 5) is 26.9. The molecular weight excluding hydrogens is 554 g/mol. The van der Waals surface area contributed by atoms with Crippen LogP contribution in [0.2, 0.25) is 22.2 Å². The van der Waals surface area contributed by atoms with E-state index in [1.54, 1.807) is 0 Å². The van der Waals surface area contributed by atoms with Gasteiger partial charge in [-0.15, -0.1) is 0 Å². The lowest BCUT2D eigenvalue weighted by Gasteiger charge is -2.51. The normalized spacial score (nSPS) is 26.2. The first-order valence-electron chi connectivity index (χ1n) is 14.0. The second-order valence-electron chi connectivity index (χ2n) is 11.5. The fraction of sp³-hybridized carbons (Fsp3) is 0.808. The SMILES string of the molecule is CC(C)[Si]1(C(C)C)OC[C@H]2O[C@@H](n3ccc(=O)[nH]c3=O)[C@@H](OCOCOCCC#N)C2O[Si](C(C)C)(C(C)C)O1. The molecule has 0 saturated carbocycles. The van der Waals surface area contributed by atoms with Gasteiger partial charge in [-0.25, -0.2) is 4.79 Å². The number of aromatic nitrogens is 2. The van der Waals surface area contributed by atoms with E-state index >= 15 is 0 Å². The molecule has 0 radical (unpaired) electrons. The van der Waals surface area contributed by atoms with Crippen LogP contribution in [0, 0.1) is 11.3 Å². The number of hydrogen-bond donors (Lipinski definition) is 1. The van der Waals surface area contributed by atoms with E-state index < -0.39 is 52.9 Å². The van der Waals surface area contributed by atoms with Crippen molar-refractivity contribution in [3.05, 3.63) is 33.1 Å². The Bertz CT molecular complexity index is 1100. The molecule has 3 rings (SSSR count). The lowest BCUT2D eigenvalue weighted by Crippen LogP contribution is -2.66. The summed E-state index contributed by atoms with van der Waals surface area (Å²) in [6.07, 6.45) is -1.24. The van der Waals surface area contributed by atoms with Gasteiger partial charge in [-0.3, -0.25) is 14.3 Å². The number of fused-ring (bicyclic) bond motifs is 1. The zero-order valence-corrected chi connectivity index (χ0v) is 26.9. The van der Waals surface area contributed by atoms with Gasteiger partial charge in [-0.2, -0.15) is 5.26 Å². The minimum Gasteiger partial charge on any atom is -0.414 e. The Morgan fingerprint density at radius 1 is 1.02 bits per heavy atom. The maximum Gasteiger partial charge on any atom is 0.335 e. The highest BCUT2D eigenvalue weighted by Gasteiger charge is 2.62. The van der Waals surface area contributed by atoms with Crippen molar-refractivity contribution in [2.45, 2.75) is 109 Å². The summed E-state index contributed by atoms with van der Waals surface area (Å²) in [5.41, 5.74) is -0.638. The number of H-pyrrole nitrogens is 1. The van der Waals surface area contributed by atoms with Crippen molar-refractivity contribution in [2.24, 2.45) is 0 Å². The average Bonchev–Trinajstić information content (AvgIpc) is 3.18. The Kier molecular flexibility index (Phi) is 11.5. The van der Waals surface area contributed by atoms with E-state index in [-0.39, 0.29) is 55.4 Å². The van der Waals surface area contributed by atoms with E-state index in [1.807, 2.05) is 6.07 Å². The fourth-order valence-electron chi connectivity index (χ4n) is 5.55. The maximum atomic E-state index is 12.8. The maximum absolute atomic E-state index is 12.8. The van der Waals surface area contributed by atoms with Crippen molar-refractivity contribution in [1.82, 2.24) is 9.55 Å². The zero-order chi connectivity index (χ0) is 29.7. The molecule has 0 amide bonds. The molecule has 226 valence electrons. The van der Waals surface area contributed by atoms with Crippen LogP contribution in [0.4, 0.5) is 0 Å². The molecule has 0 spiro atoms. The van der Waals surface area contributed by atoms with Crippen LogP contribution in [0.15, 0.2) is 21.9 Å². The van der Waals surface area contributed by atoms with Crippen molar-refractivity contribution >= 4 is 17.1 Å². The van der Waals surface area contributed by atoms with E-state index in [0.717, 1.165) is 0 Å². The molecule has 2 aliphatic heterocycles. The van der Waals surface area contributed by atoms with Gasteiger partial charge in [0, 0.05) is 12.3 Å². The van der Waals surface area contributed by atoms with Gasteiger partial charge in [0.25, 0.3) is 5.56 Å². The van der Waals surface area contributed by atoms with Gasteiger partial charge in [0.2, 0.25) is 0 Å². The predicted octanol–water partition coefficient (Wildman–Crippen LogP) is 3.64. The van der Waals surface area contributed by atoms with E-state index in [2.05, 4.69) is 60.4 Å². The number of nitriles is 1. The average molecular weight is 600 g/mol. The fourth-order valence-corrected chi connectivity index (χ4v) is 16.8. The van der Waals surface area contributed by atoms with Gasteiger partial charge in [-0.1, -0.05) is 55.4 Å². The molecular formula is C26H45N3O9Si2. The van der Waals surface area contributed by atoms with Crippen molar-refractivity contribution < 1.29 is 31.9 Å².